The molecule has 0 saturated heterocycles. The van der Waals surface area contributed by atoms with Crippen molar-refractivity contribution in [3.8, 4) is 5.75 Å². The second kappa shape index (κ2) is 5.35. The van der Waals surface area contributed by atoms with Crippen molar-refractivity contribution >= 4 is 23.6 Å². The molecule has 1 aromatic carbocycles. The van der Waals surface area contributed by atoms with E-state index in [1.807, 2.05) is 0 Å². The maximum absolute atomic E-state index is 11.2. The summed E-state index contributed by atoms with van der Waals surface area (Å²) in [7, 11) is 0. The predicted molar refractivity (Wildman–Crippen MR) is 66.2 cm³/mol. The SMILES string of the molecule is CCOC(=O)C=Cc1ccc2c(c1)OCC(=O)N2. The van der Waals surface area contributed by atoms with Crippen molar-refractivity contribution in [2.45, 2.75) is 6.92 Å². The van der Waals surface area contributed by atoms with E-state index in [0.717, 1.165) is 5.56 Å². The van der Waals surface area contributed by atoms with E-state index in [4.69, 9.17) is 9.47 Å². The monoisotopic (exact) mass is 247 g/mol. The quantitative estimate of drug-likeness (QED) is 0.650. The van der Waals surface area contributed by atoms with Gasteiger partial charge in [-0.05, 0) is 30.7 Å². The molecule has 0 bridgehead atoms. The Kier molecular flexibility index (Phi) is 3.62. The van der Waals surface area contributed by atoms with Gasteiger partial charge in [0.25, 0.3) is 5.91 Å². The maximum Gasteiger partial charge on any atom is 0.330 e. The molecule has 0 spiro atoms. The lowest BCUT2D eigenvalue weighted by Gasteiger charge is -2.17. The number of fused-ring (bicyclic) bond motifs is 1. The first-order valence-electron chi connectivity index (χ1n) is 5.60. The van der Waals surface area contributed by atoms with Gasteiger partial charge in [-0.1, -0.05) is 6.07 Å². The zero-order valence-electron chi connectivity index (χ0n) is 9.93. The molecule has 0 atom stereocenters. The largest absolute Gasteiger partial charge is 0.482 e. The fourth-order valence-electron chi connectivity index (χ4n) is 1.55. The molecule has 1 amide bonds. The molecular weight excluding hydrogens is 234 g/mol. The molecule has 1 aliphatic heterocycles. The topological polar surface area (TPSA) is 64.6 Å². The molecule has 0 radical (unpaired) electrons. The van der Waals surface area contributed by atoms with E-state index in [0.29, 0.717) is 18.0 Å². The fourth-order valence-corrected chi connectivity index (χ4v) is 1.55. The number of carbonyl (C=O) groups is 2. The van der Waals surface area contributed by atoms with Crippen LogP contribution < -0.4 is 10.1 Å². The third-order valence-electron chi connectivity index (χ3n) is 2.34. The number of anilines is 1. The first-order valence-corrected chi connectivity index (χ1v) is 5.60. The molecular formula is C13H13NO4. The standard InChI is InChI=1S/C13H13NO4/c1-2-17-13(16)6-4-9-3-5-10-11(7-9)18-8-12(15)14-10/h3-7H,2,8H2,1H3,(H,14,15). The van der Waals surface area contributed by atoms with Crippen LogP contribution in [0.1, 0.15) is 12.5 Å². The molecule has 1 aromatic rings. The molecule has 1 aliphatic rings. The lowest BCUT2D eigenvalue weighted by Crippen LogP contribution is -2.25. The highest BCUT2D eigenvalue weighted by Gasteiger charge is 2.15. The highest BCUT2D eigenvalue weighted by molar-refractivity contribution is 5.95. The Hall–Kier alpha value is -2.30. The van der Waals surface area contributed by atoms with Gasteiger partial charge in [0.1, 0.15) is 5.75 Å². The second-order valence-electron chi connectivity index (χ2n) is 3.68. The molecule has 0 unspecified atom stereocenters. The summed E-state index contributed by atoms with van der Waals surface area (Å²) in [5, 5.41) is 2.69. The van der Waals surface area contributed by atoms with Gasteiger partial charge in [0, 0.05) is 6.08 Å². The van der Waals surface area contributed by atoms with Crippen LogP contribution in [0.25, 0.3) is 6.08 Å². The molecule has 1 N–H and O–H groups in total. The van der Waals surface area contributed by atoms with Gasteiger partial charge in [0.05, 0.1) is 12.3 Å². The molecule has 0 fully saturated rings. The lowest BCUT2D eigenvalue weighted by molar-refractivity contribution is -0.137. The maximum atomic E-state index is 11.2. The summed E-state index contributed by atoms with van der Waals surface area (Å²) < 4.78 is 10.0. The highest BCUT2D eigenvalue weighted by atomic mass is 16.5. The number of esters is 1. The lowest BCUT2D eigenvalue weighted by atomic mass is 10.1. The Morgan fingerprint density at radius 1 is 1.56 bits per heavy atom. The summed E-state index contributed by atoms with van der Waals surface area (Å²) in [6, 6.07) is 5.27. The number of benzene rings is 1. The van der Waals surface area contributed by atoms with Crippen LogP contribution >= 0.6 is 0 Å². The smallest absolute Gasteiger partial charge is 0.330 e. The Balaban J connectivity index is 2.12. The van der Waals surface area contributed by atoms with Crippen LogP contribution in [0.3, 0.4) is 0 Å². The van der Waals surface area contributed by atoms with Crippen molar-refractivity contribution in [2.24, 2.45) is 0 Å². The fraction of sp³-hybridized carbons (Fsp3) is 0.231. The summed E-state index contributed by atoms with van der Waals surface area (Å²) in [5.74, 6) is 0.0439. The van der Waals surface area contributed by atoms with Gasteiger partial charge in [-0.25, -0.2) is 4.79 Å². The van der Waals surface area contributed by atoms with Crippen LogP contribution in [0, 0.1) is 0 Å². The van der Waals surface area contributed by atoms with Crippen molar-refractivity contribution in [3.63, 3.8) is 0 Å². The number of ether oxygens (including phenoxy) is 2. The van der Waals surface area contributed by atoms with Crippen LogP contribution in [0.15, 0.2) is 24.3 Å². The van der Waals surface area contributed by atoms with E-state index in [2.05, 4.69) is 5.32 Å². The minimum absolute atomic E-state index is 0.0119. The Morgan fingerprint density at radius 2 is 2.39 bits per heavy atom. The van der Waals surface area contributed by atoms with E-state index >= 15 is 0 Å². The average molecular weight is 247 g/mol. The highest BCUT2D eigenvalue weighted by Crippen LogP contribution is 2.28. The third-order valence-corrected chi connectivity index (χ3v) is 2.34. The Morgan fingerprint density at radius 3 is 3.17 bits per heavy atom. The number of nitrogens with one attached hydrogen (secondary N) is 1. The van der Waals surface area contributed by atoms with Gasteiger partial charge < -0.3 is 14.8 Å². The van der Waals surface area contributed by atoms with Gasteiger partial charge in [0.15, 0.2) is 6.61 Å². The summed E-state index contributed by atoms with van der Waals surface area (Å²) in [5.41, 5.74) is 1.44. The van der Waals surface area contributed by atoms with Crippen LogP contribution in [0.5, 0.6) is 5.75 Å². The normalized spacial score (nSPS) is 13.7. The van der Waals surface area contributed by atoms with E-state index in [1.165, 1.54) is 6.08 Å². The minimum Gasteiger partial charge on any atom is -0.482 e. The molecule has 0 aliphatic carbocycles. The van der Waals surface area contributed by atoms with Crippen LogP contribution in [0.2, 0.25) is 0 Å². The number of amides is 1. The first kappa shape index (κ1) is 12.2. The molecule has 0 aromatic heterocycles. The molecule has 0 saturated carbocycles. The van der Waals surface area contributed by atoms with Gasteiger partial charge in [-0.15, -0.1) is 0 Å². The number of hydrogen-bond donors (Lipinski definition) is 1. The average Bonchev–Trinajstić information content (AvgIpc) is 2.36. The zero-order valence-corrected chi connectivity index (χ0v) is 9.93. The molecule has 18 heavy (non-hydrogen) atoms. The van der Waals surface area contributed by atoms with Gasteiger partial charge in [-0.2, -0.15) is 0 Å². The molecule has 94 valence electrons. The Bertz CT molecular complexity index is 508. The van der Waals surface area contributed by atoms with Crippen molar-refractivity contribution < 1.29 is 19.1 Å². The molecule has 1 heterocycles. The summed E-state index contributed by atoms with van der Waals surface area (Å²) >= 11 is 0. The molecule has 2 rings (SSSR count). The summed E-state index contributed by atoms with van der Waals surface area (Å²) in [6.45, 7) is 2.11. The second-order valence-corrected chi connectivity index (χ2v) is 3.68. The number of carbonyl (C=O) groups excluding carboxylic acids is 2. The summed E-state index contributed by atoms with van der Waals surface area (Å²) in [6.07, 6.45) is 2.99. The van der Waals surface area contributed by atoms with Crippen molar-refractivity contribution in [2.75, 3.05) is 18.5 Å². The van der Waals surface area contributed by atoms with E-state index in [-0.39, 0.29) is 18.5 Å². The van der Waals surface area contributed by atoms with Gasteiger partial charge >= 0.3 is 5.97 Å². The van der Waals surface area contributed by atoms with E-state index < -0.39 is 0 Å². The third kappa shape index (κ3) is 2.88. The van der Waals surface area contributed by atoms with Crippen molar-refractivity contribution in [1.29, 1.82) is 0 Å². The van der Waals surface area contributed by atoms with Gasteiger partial charge in [0.2, 0.25) is 0 Å². The molecule has 5 heteroatoms. The number of hydrogen-bond acceptors (Lipinski definition) is 4. The van der Waals surface area contributed by atoms with E-state index in [1.54, 1.807) is 31.2 Å². The zero-order chi connectivity index (χ0) is 13.0. The minimum atomic E-state index is -0.385. The summed E-state index contributed by atoms with van der Waals surface area (Å²) in [4.78, 5) is 22.2. The Labute approximate surface area is 104 Å². The predicted octanol–water partition coefficient (Wildman–Crippen LogP) is 1.59. The van der Waals surface area contributed by atoms with Crippen LogP contribution in [-0.2, 0) is 14.3 Å². The van der Waals surface area contributed by atoms with Crippen molar-refractivity contribution in [1.82, 2.24) is 0 Å². The van der Waals surface area contributed by atoms with Crippen LogP contribution in [0.4, 0.5) is 5.69 Å². The van der Waals surface area contributed by atoms with E-state index in [9.17, 15) is 9.59 Å². The first-order chi connectivity index (χ1) is 8.69. The molecule has 5 nitrogen and oxygen atoms in total. The van der Waals surface area contributed by atoms with Crippen LogP contribution in [-0.4, -0.2) is 25.1 Å². The van der Waals surface area contributed by atoms with Gasteiger partial charge in [-0.3, -0.25) is 4.79 Å². The van der Waals surface area contributed by atoms with Crippen molar-refractivity contribution in [3.05, 3.63) is 29.8 Å². The number of rotatable bonds is 3.